The van der Waals surface area contributed by atoms with Crippen LogP contribution in [0, 0.1) is 23.2 Å². The first-order valence-electron chi connectivity index (χ1n) is 4.89. The lowest BCUT2D eigenvalue weighted by Gasteiger charge is -2.07. The fourth-order valence-electron chi connectivity index (χ4n) is 1.35. The normalized spacial score (nSPS) is 27.5. The van der Waals surface area contributed by atoms with Crippen LogP contribution in [0.25, 0.3) is 0 Å². The largest absolute Gasteiger partial charge is 0.352 e. The Kier molecular flexibility index (Phi) is 3.30. The predicted molar refractivity (Wildman–Crippen MR) is 49.7 cm³/mol. The summed E-state index contributed by atoms with van der Waals surface area (Å²) in [6.45, 7) is 4.09. The second-order valence-electron chi connectivity index (χ2n) is 3.80. The highest BCUT2D eigenvalue weighted by atomic mass is 16.2. The van der Waals surface area contributed by atoms with Gasteiger partial charge in [0.2, 0.25) is 5.91 Å². The minimum Gasteiger partial charge on any atom is -0.352 e. The van der Waals surface area contributed by atoms with Crippen LogP contribution >= 0.6 is 0 Å². The van der Waals surface area contributed by atoms with Gasteiger partial charge in [0.25, 0.3) is 0 Å². The van der Waals surface area contributed by atoms with E-state index in [2.05, 4.69) is 12.2 Å². The molecule has 0 bridgehead atoms. The van der Waals surface area contributed by atoms with E-state index in [0.29, 0.717) is 18.4 Å². The van der Waals surface area contributed by atoms with Gasteiger partial charge in [-0.1, -0.05) is 20.3 Å². The third-order valence-electron chi connectivity index (χ3n) is 2.49. The van der Waals surface area contributed by atoms with Crippen LogP contribution in [-0.2, 0) is 4.79 Å². The number of hydrogen-bond donors (Lipinski definition) is 1. The van der Waals surface area contributed by atoms with Crippen molar-refractivity contribution in [2.24, 2.45) is 11.8 Å². The molecule has 0 aromatic heterocycles. The number of nitrogens with one attached hydrogen (secondary N) is 1. The van der Waals surface area contributed by atoms with Gasteiger partial charge in [-0.05, 0) is 18.8 Å². The summed E-state index contributed by atoms with van der Waals surface area (Å²) in [7, 11) is 0. The molecule has 0 aromatic carbocycles. The smallest absolute Gasteiger partial charge is 0.237 e. The molecule has 1 fully saturated rings. The molecule has 0 aromatic rings. The zero-order valence-electron chi connectivity index (χ0n) is 8.21. The van der Waals surface area contributed by atoms with Crippen molar-refractivity contribution in [1.29, 1.82) is 5.26 Å². The summed E-state index contributed by atoms with van der Waals surface area (Å²) in [6.07, 6.45) is 2.62. The average molecular weight is 180 g/mol. The fourth-order valence-corrected chi connectivity index (χ4v) is 1.35. The fraction of sp³-hybridized carbons (Fsp3) is 0.800. The van der Waals surface area contributed by atoms with E-state index in [-0.39, 0.29) is 5.91 Å². The van der Waals surface area contributed by atoms with E-state index in [1.165, 1.54) is 0 Å². The van der Waals surface area contributed by atoms with Gasteiger partial charge in [-0.15, -0.1) is 0 Å². The lowest BCUT2D eigenvalue weighted by atomic mass is 10.1. The lowest BCUT2D eigenvalue weighted by molar-refractivity contribution is -0.123. The zero-order chi connectivity index (χ0) is 9.84. The van der Waals surface area contributed by atoms with Crippen LogP contribution in [0.2, 0.25) is 0 Å². The minimum absolute atomic E-state index is 0.0845. The number of carbonyl (C=O) groups excluding carboxylic acids is 1. The Labute approximate surface area is 79.1 Å². The molecule has 1 rings (SSSR count). The highest BCUT2D eigenvalue weighted by Gasteiger charge is 2.35. The Morgan fingerprint density at radius 3 is 2.77 bits per heavy atom. The van der Waals surface area contributed by atoms with E-state index >= 15 is 0 Å². The number of hydrogen-bond acceptors (Lipinski definition) is 2. The van der Waals surface area contributed by atoms with Crippen LogP contribution in [0.1, 0.15) is 33.1 Å². The van der Waals surface area contributed by atoms with E-state index in [4.69, 9.17) is 5.26 Å². The number of nitriles is 1. The number of amides is 1. The van der Waals surface area contributed by atoms with Crippen molar-refractivity contribution in [3.8, 4) is 6.07 Å². The Morgan fingerprint density at radius 1 is 1.77 bits per heavy atom. The topological polar surface area (TPSA) is 52.9 Å². The standard InChI is InChI=1S/C10H16N2O/c1-3-4-8(6-11)10(13)12-9-5-7(9)2/h7-9H,3-5H2,1-2H3,(H,12,13). The van der Waals surface area contributed by atoms with E-state index < -0.39 is 5.92 Å². The molecule has 1 N–H and O–H groups in total. The van der Waals surface area contributed by atoms with Gasteiger partial charge < -0.3 is 5.32 Å². The molecule has 0 heterocycles. The van der Waals surface area contributed by atoms with Crippen LogP contribution in [0.15, 0.2) is 0 Å². The first kappa shape index (κ1) is 10.0. The second-order valence-corrected chi connectivity index (χ2v) is 3.80. The van der Waals surface area contributed by atoms with Crippen LogP contribution in [0.3, 0.4) is 0 Å². The molecule has 1 amide bonds. The van der Waals surface area contributed by atoms with Crippen molar-refractivity contribution in [3.05, 3.63) is 0 Å². The minimum atomic E-state index is -0.446. The molecular weight excluding hydrogens is 164 g/mol. The summed E-state index contributed by atoms with van der Waals surface area (Å²) in [4.78, 5) is 11.4. The van der Waals surface area contributed by atoms with Crippen molar-refractivity contribution in [2.45, 2.75) is 39.2 Å². The highest BCUT2D eigenvalue weighted by molar-refractivity contribution is 5.81. The lowest BCUT2D eigenvalue weighted by Crippen LogP contribution is -2.32. The Hall–Kier alpha value is -1.04. The Balaban J connectivity index is 2.32. The highest BCUT2D eigenvalue weighted by Crippen LogP contribution is 2.29. The summed E-state index contributed by atoms with van der Waals surface area (Å²) >= 11 is 0. The number of rotatable bonds is 4. The summed E-state index contributed by atoms with van der Waals surface area (Å²) in [5, 5.41) is 11.6. The summed E-state index contributed by atoms with van der Waals surface area (Å²) in [6, 6.07) is 2.37. The third-order valence-corrected chi connectivity index (χ3v) is 2.49. The predicted octanol–water partition coefficient (Wildman–Crippen LogP) is 1.45. The quantitative estimate of drug-likeness (QED) is 0.712. The third kappa shape index (κ3) is 2.73. The molecule has 72 valence electrons. The van der Waals surface area contributed by atoms with Crippen LogP contribution in [0.5, 0.6) is 0 Å². The van der Waals surface area contributed by atoms with Crippen molar-refractivity contribution in [3.63, 3.8) is 0 Å². The Bertz CT molecular complexity index is 232. The second kappa shape index (κ2) is 4.27. The first-order chi connectivity index (χ1) is 6.19. The van der Waals surface area contributed by atoms with Crippen molar-refractivity contribution >= 4 is 5.91 Å². The molecule has 3 atom stereocenters. The van der Waals surface area contributed by atoms with Gasteiger partial charge in [0, 0.05) is 6.04 Å². The molecule has 3 unspecified atom stereocenters. The first-order valence-corrected chi connectivity index (χ1v) is 4.89. The molecule has 1 aliphatic rings. The molecule has 0 saturated heterocycles. The molecule has 3 nitrogen and oxygen atoms in total. The van der Waals surface area contributed by atoms with Gasteiger partial charge in [0.05, 0.1) is 6.07 Å². The van der Waals surface area contributed by atoms with Crippen LogP contribution < -0.4 is 5.32 Å². The van der Waals surface area contributed by atoms with E-state index in [1.807, 2.05) is 13.0 Å². The maximum Gasteiger partial charge on any atom is 0.237 e. The Morgan fingerprint density at radius 2 is 2.38 bits per heavy atom. The average Bonchev–Trinajstić information content (AvgIpc) is 2.77. The summed E-state index contributed by atoms with van der Waals surface area (Å²) < 4.78 is 0. The molecule has 3 heteroatoms. The molecule has 0 aliphatic heterocycles. The number of carbonyl (C=O) groups is 1. The van der Waals surface area contributed by atoms with Gasteiger partial charge in [0.1, 0.15) is 5.92 Å². The molecule has 0 radical (unpaired) electrons. The monoisotopic (exact) mass is 180 g/mol. The molecule has 0 spiro atoms. The zero-order valence-corrected chi connectivity index (χ0v) is 8.21. The van der Waals surface area contributed by atoms with Gasteiger partial charge in [-0.3, -0.25) is 4.79 Å². The van der Waals surface area contributed by atoms with Gasteiger partial charge in [-0.25, -0.2) is 0 Å². The molecule has 1 aliphatic carbocycles. The van der Waals surface area contributed by atoms with Crippen molar-refractivity contribution in [2.75, 3.05) is 0 Å². The maximum atomic E-state index is 11.4. The van der Waals surface area contributed by atoms with E-state index in [1.54, 1.807) is 0 Å². The summed E-state index contributed by atoms with van der Waals surface area (Å²) in [5.41, 5.74) is 0. The van der Waals surface area contributed by atoms with Crippen LogP contribution in [-0.4, -0.2) is 11.9 Å². The molecule has 1 saturated carbocycles. The van der Waals surface area contributed by atoms with Crippen LogP contribution in [0.4, 0.5) is 0 Å². The number of nitrogens with zero attached hydrogens (tertiary/aromatic N) is 1. The van der Waals surface area contributed by atoms with Gasteiger partial charge in [-0.2, -0.15) is 5.26 Å². The molecule has 13 heavy (non-hydrogen) atoms. The summed E-state index contributed by atoms with van der Waals surface area (Å²) in [5.74, 6) is 0.0708. The maximum absolute atomic E-state index is 11.4. The van der Waals surface area contributed by atoms with Crippen molar-refractivity contribution < 1.29 is 4.79 Å². The van der Waals surface area contributed by atoms with E-state index in [0.717, 1.165) is 12.8 Å². The van der Waals surface area contributed by atoms with Gasteiger partial charge in [0.15, 0.2) is 0 Å². The van der Waals surface area contributed by atoms with Crippen molar-refractivity contribution in [1.82, 2.24) is 5.32 Å². The van der Waals surface area contributed by atoms with Gasteiger partial charge >= 0.3 is 0 Å². The molecular formula is C10H16N2O. The SMILES string of the molecule is CCCC(C#N)C(=O)NC1CC1C. The van der Waals surface area contributed by atoms with E-state index in [9.17, 15) is 4.79 Å².